The average molecular weight is 287 g/mol. The van der Waals surface area contributed by atoms with Crippen LogP contribution in [0.2, 0.25) is 5.02 Å². The normalized spacial score (nSPS) is 12.4. The van der Waals surface area contributed by atoms with Gasteiger partial charge in [-0.2, -0.15) is 0 Å². The molecule has 0 bridgehead atoms. The van der Waals surface area contributed by atoms with Crippen molar-refractivity contribution in [3.8, 4) is 0 Å². The third-order valence-corrected chi connectivity index (χ3v) is 3.29. The monoisotopic (exact) mass is 286 g/mol. The number of halogens is 4. The van der Waals surface area contributed by atoms with Gasteiger partial charge in [0, 0.05) is 10.6 Å². The quantitative estimate of drug-likeness (QED) is 0.685. The zero-order chi connectivity index (χ0) is 13.1. The highest BCUT2D eigenvalue weighted by molar-refractivity contribution is 6.30. The minimum Gasteiger partial charge on any atom is -0.204 e. The molecule has 0 nitrogen and oxygen atoms in total. The fraction of sp³-hybridized carbons (Fsp3) is 0.143. The smallest absolute Gasteiger partial charge is 0.163 e. The molecule has 0 saturated heterocycles. The Balaban J connectivity index is 2.19. The van der Waals surface area contributed by atoms with Crippen molar-refractivity contribution >= 4 is 23.2 Å². The summed E-state index contributed by atoms with van der Waals surface area (Å²) in [4.78, 5) is 0. The van der Waals surface area contributed by atoms with Crippen molar-refractivity contribution in [3.63, 3.8) is 0 Å². The Hall–Kier alpha value is -1.12. The average Bonchev–Trinajstić information content (AvgIpc) is 2.35. The molecular weight excluding hydrogens is 277 g/mol. The summed E-state index contributed by atoms with van der Waals surface area (Å²) < 4.78 is 26.6. The van der Waals surface area contributed by atoms with Crippen LogP contribution in [0, 0.1) is 11.6 Å². The van der Waals surface area contributed by atoms with E-state index in [1.807, 2.05) is 12.1 Å². The van der Waals surface area contributed by atoms with Crippen molar-refractivity contribution in [3.05, 3.63) is 70.2 Å². The van der Waals surface area contributed by atoms with Crippen LogP contribution >= 0.6 is 23.2 Å². The van der Waals surface area contributed by atoms with E-state index in [1.54, 1.807) is 12.1 Å². The first-order chi connectivity index (χ1) is 8.58. The number of rotatable bonds is 3. The zero-order valence-corrected chi connectivity index (χ0v) is 10.8. The third kappa shape index (κ3) is 3.01. The summed E-state index contributed by atoms with van der Waals surface area (Å²) in [5.41, 5.74) is 1.09. The van der Waals surface area contributed by atoms with E-state index >= 15 is 0 Å². The van der Waals surface area contributed by atoms with Crippen LogP contribution in [-0.2, 0) is 6.42 Å². The molecule has 0 N–H and O–H groups in total. The molecule has 0 radical (unpaired) electrons. The number of alkyl halides is 1. The van der Waals surface area contributed by atoms with E-state index in [9.17, 15) is 8.78 Å². The van der Waals surface area contributed by atoms with Crippen molar-refractivity contribution in [1.82, 2.24) is 0 Å². The highest BCUT2D eigenvalue weighted by Gasteiger charge is 2.16. The first-order valence-corrected chi connectivity index (χ1v) is 6.22. The lowest BCUT2D eigenvalue weighted by atomic mass is 10.0. The minimum absolute atomic E-state index is 0.173. The number of benzene rings is 2. The second-order valence-electron chi connectivity index (χ2n) is 3.94. The van der Waals surface area contributed by atoms with Gasteiger partial charge in [0.2, 0.25) is 0 Å². The van der Waals surface area contributed by atoms with E-state index in [1.165, 1.54) is 12.1 Å². The summed E-state index contributed by atoms with van der Waals surface area (Å²) in [5.74, 6) is -1.76. The standard InChI is InChI=1S/C14H10Cl2F2/c15-10-6-4-9(5-7-10)8-12(16)11-2-1-3-13(17)14(11)18/h1-7,12H,8H2. The first-order valence-electron chi connectivity index (χ1n) is 5.40. The lowest BCUT2D eigenvalue weighted by Gasteiger charge is -2.11. The Labute approximate surface area is 114 Å². The van der Waals surface area contributed by atoms with Crippen molar-refractivity contribution in [2.75, 3.05) is 0 Å². The Morgan fingerprint density at radius 3 is 2.33 bits per heavy atom. The summed E-state index contributed by atoms with van der Waals surface area (Å²) in [6.07, 6.45) is 0.416. The minimum atomic E-state index is -0.883. The largest absolute Gasteiger partial charge is 0.204 e. The van der Waals surface area contributed by atoms with Gasteiger partial charge in [-0.1, -0.05) is 35.9 Å². The molecule has 0 heterocycles. The summed E-state index contributed by atoms with van der Waals surface area (Å²) >= 11 is 11.9. The van der Waals surface area contributed by atoms with Gasteiger partial charge in [0.25, 0.3) is 0 Å². The first kappa shape index (κ1) is 13.3. The van der Waals surface area contributed by atoms with E-state index in [-0.39, 0.29) is 5.56 Å². The zero-order valence-electron chi connectivity index (χ0n) is 9.34. The summed E-state index contributed by atoms with van der Waals surface area (Å²) in [6, 6.07) is 11.1. The van der Waals surface area contributed by atoms with E-state index in [0.717, 1.165) is 11.6 Å². The molecule has 0 aliphatic rings. The van der Waals surface area contributed by atoms with Crippen molar-refractivity contribution in [2.24, 2.45) is 0 Å². The topological polar surface area (TPSA) is 0 Å². The van der Waals surface area contributed by atoms with Gasteiger partial charge < -0.3 is 0 Å². The van der Waals surface area contributed by atoms with Gasteiger partial charge in [-0.05, 0) is 30.2 Å². The molecule has 0 spiro atoms. The second kappa shape index (κ2) is 5.68. The van der Waals surface area contributed by atoms with Crippen molar-refractivity contribution in [2.45, 2.75) is 11.8 Å². The van der Waals surface area contributed by atoms with Crippen LogP contribution < -0.4 is 0 Å². The van der Waals surface area contributed by atoms with Crippen molar-refractivity contribution in [1.29, 1.82) is 0 Å². The van der Waals surface area contributed by atoms with E-state index < -0.39 is 17.0 Å². The maximum atomic E-state index is 13.5. The molecule has 0 aliphatic heterocycles. The second-order valence-corrected chi connectivity index (χ2v) is 4.90. The van der Waals surface area contributed by atoms with Crippen LogP contribution in [0.1, 0.15) is 16.5 Å². The predicted molar refractivity (Wildman–Crippen MR) is 70.1 cm³/mol. The summed E-state index contributed by atoms with van der Waals surface area (Å²) in [6.45, 7) is 0. The van der Waals surface area contributed by atoms with E-state index in [4.69, 9.17) is 23.2 Å². The molecular formula is C14H10Cl2F2. The maximum Gasteiger partial charge on any atom is 0.163 e. The molecule has 2 rings (SSSR count). The van der Waals surface area contributed by atoms with Crippen LogP contribution in [0.4, 0.5) is 8.78 Å². The van der Waals surface area contributed by atoms with Crippen LogP contribution in [0.3, 0.4) is 0 Å². The van der Waals surface area contributed by atoms with E-state index in [0.29, 0.717) is 11.4 Å². The molecule has 1 unspecified atom stereocenters. The number of hydrogen-bond donors (Lipinski definition) is 0. The lowest BCUT2D eigenvalue weighted by Crippen LogP contribution is -2.00. The molecule has 0 aliphatic carbocycles. The highest BCUT2D eigenvalue weighted by Crippen LogP contribution is 2.28. The third-order valence-electron chi connectivity index (χ3n) is 2.65. The molecule has 0 amide bonds. The van der Waals surface area contributed by atoms with Crippen LogP contribution in [0.25, 0.3) is 0 Å². The number of hydrogen-bond acceptors (Lipinski definition) is 0. The molecule has 0 fully saturated rings. The van der Waals surface area contributed by atoms with Gasteiger partial charge in [0.15, 0.2) is 11.6 Å². The van der Waals surface area contributed by atoms with Gasteiger partial charge in [0.05, 0.1) is 5.38 Å². The van der Waals surface area contributed by atoms with Gasteiger partial charge >= 0.3 is 0 Å². The van der Waals surface area contributed by atoms with Gasteiger partial charge in [-0.15, -0.1) is 11.6 Å². The molecule has 2 aromatic carbocycles. The Bertz CT molecular complexity index is 538. The Morgan fingerprint density at radius 2 is 1.67 bits per heavy atom. The molecule has 94 valence electrons. The highest BCUT2D eigenvalue weighted by atomic mass is 35.5. The lowest BCUT2D eigenvalue weighted by molar-refractivity contribution is 0.497. The molecule has 2 aromatic rings. The fourth-order valence-corrected chi connectivity index (χ4v) is 2.17. The molecule has 0 saturated carbocycles. The molecule has 4 heteroatoms. The van der Waals surface area contributed by atoms with Gasteiger partial charge in [-0.25, -0.2) is 8.78 Å². The predicted octanol–water partition coefficient (Wildman–Crippen LogP) is 5.14. The molecule has 18 heavy (non-hydrogen) atoms. The summed E-state index contributed by atoms with van der Waals surface area (Å²) in [5, 5.41) is 0.0173. The van der Waals surface area contributed by atoms with Crippen molar-refractivity contribution < 1.29 is 8.78 Å². The van der Waals surface area contributed by atoms with Gasteiger partial charge in [-0.3, -0.25) is 0 Å². The maximum absolute atomic E-state index is 13.5. The molecule has 1 atom stereocenters. The summed E-state index contributed by atoms with van der Waals surface area (Å²) in [7, 11) is 0. The van der Waals surface area contributed by atoms with Crippen LogP contribution in [0.5, 0.6) is 0 Å². The SMILES string of the molecule is Fc1cccc(C(Cl)Cc2ccc(Cl)cc2)c1F. The fourth-order valence-electron chi connectivity index (χ4n) is 1.70. The Morgan fingerprint density at radius 1 is 1.00 bits per heavy atom. The van der Waals surface area contributed by atoms with Gasteiger partial charge in [0.1, 0.15) is 0 Å². The van der Waals surface area contributed by atoms with E-state index in [2.05, 4.69) is 0 Å². The molecule has 0 aromatic heterocycles. The van der Waals surface area contributed by atoms with Crippen LogP contribution in [0.15, 0.2) is 42.5 Å². The Kier molecular flexibility index (Phi) is 4.20. The van der Waals surface area contributed by atoms with Crippen LogP contribution in [-0.4, -0.2) is 0 Å².